The maximum Gasteiger partial charge on any atom is 0.161 e. The molecule has 0 radical (unpaired) electrons. The number of nitrogens with zero attached hydrogens (tertiary/aromatic N) is 6. The van der Waals surface area contributed by atoms with Gasteiger partial charge in [-0.25, -0.2) is 19.9 Å². The van der Waals surface area contributed by atoms with Crippen LogP contribution in [0.4, 0.5) is 0 Å². The van der Waals surface area contributed by atoms with E-state index in [-0.39, 0.29) is 0 Å². The van der Waals surface area contributed by atoms with E-state index in [1.807, 2.05) is 0 Å². The largest absolute Gasteiger partial charge is 0.309 e. The molecule has 24 rings (SSSR count). The summed E-state index contributed by atoms with van der Waals surface area (Å²) in [5.74, 6) is 1.41. The van der Waals surface area contributed by atoms with Crippen molar-refractivity contribution in [2.75, 3.05) is 0 Å². The molecule has 20 aromatic carbocycles. The average Bonchev–Trinajstić information content (AvgIpc) is 1.56. The van der Waals surface area contributed by atoms with E-state index >= 15 is 0 Å². The van der Waals surface area contributed by atoms with Crippen LogP contribution in [0, 0.1) is 0 Å². The molecule has 0 unspecified atom stereocenters. The van der Waals surface area contributed by atoms with Crippen LogP contribution in [0.1, 0.15) is 0 Å². The Bertz CT molecular complexity index is 8160. The van der Waals surface area contributed by atoms with Crippen LogP contribution >= 0.6 is 0 Å². The van der Waals surface area contributed by atoms with E-state index in [1.165, 1.54) is 114 Å². The average molecular weight is 1470 g/mol. The van der Waals surface area contributed by atoms with Crippen LogP contribution in [0.3, 0.4) is 0 Å². The van der Waals surface area contributed by atoms with Crippen LogP contribution in [-0.4, -0.2) is 29.1 Å². The van der Waals surface area contributed by atoms with E-state index in [0.29, 0.717) is 11.6 Å². The van der Waals surface area contributed by atoms with Crippen LogP contribution in [0.25, 0.3) is 231 Å². The number of hydrogen-bond donors (Lipinski definition) is 0. The highest BCUT2D eigenvalue weighted by molar-refractivity contribution is 6.17. The molecule has 0 spiro atoms. The first-order valence-corrected chi connectivity index (χ1v) is 39.6. The lowest BCUT2D eigenvalue weighted by atomic mass is 9.96. The molecule has 6 heteroatoms. The van der Waals surface area contributed by atoms with E-state index in [2.05, 4.69) is 422 Å². The second kappa shape index (κ2) is 27.2. The maximum atomic E-state index is 5.49. The minimum Gasteiger partial charge on any atom is -0.309 e. The van der Waals surface area contributed by atoms with Crippen molar-refractivity contribution >= 4 is 141 Å². The number of aromatic nitrogens is 6. The van der Waals surface area contributed by atoms with Gasteiger partial charge in [0, 0.05) is 65.3 Å². The molecule has 116 heavy (non-hydrogen) atoms. The van der Waals surface area contributed by atoms with E-state index in [0.717, 1.165) is 105 Å². The van der Waals surface area contributed by atoms with Gasteiger partial charge in [-0.2, -0.15) is 0 Å². The summed E-state index contributed by atoms with van der Waals surface area (Å²) in [6, 6.07) is 149. The topological polar surface area (TPSA) is 61.4 Å². The third kappa shape index (κ3) is 11.3. The summed E-state index contributed by atoms with van der Waals surface area (Å²) in [5.41, 5.74) is 21.8. The lowest BCUT2D eigenvalue weighted by molar-refractivity contribution is 1.19. The van der Waals surface area contributed by atoms with Crippen LogP contribution in [0.15, 0.2) is 413 Å². The summed E-state index contributed by atoms with van der Waals surface area (Å²) in [6.45, 7) is 0. The quantitative estimate of drug-likeness (QED) is 0.144. The van der Waals surface area contributed by atoms with Crippen LogP contribution in [0.2, 0.25) is 0 Å². The molecular formula is C110H68N6. The van der Waals surface area contributed by atoms with Crippen LogP contribution < -0.4 is 0 Å². The smallest absolute Gasteiger partial charge is 0.161 e. The summed E-state index contributed by atoms with van der Waals surface area (Å²) in [5, 5.41) is 23.7. The van der Waals surface area contributed by atoms with E-state index in [1.54, 1.807) is 0 Å². The number of fused-ring (bicyclic) bond motifs is 15. The van der Waals surface area contributed by atoms with Crippen molar-refractivity contribution in [2.24, 2.45) is 0 Å². The lowest BCUT2D eigenvalue weighted by Gasteiger charge is -2.16. The van der Waals surface area contributed by atoms with Gasteiger partial charge < -0.3 is 9.13 Å². The molecular weight excluding hydrogens is 1410 g/mol. The lowest BCUT2D eigenvalue weighted by Crippen LogP contribution is -1.99. The Hall–Kier alpha value is -15.5. The standard InChI is InChI=1S/C56H35N3.C54H33N3/c1-2-12-36(13-3-1)38-22-24-39(25-23-38)43-28-29-49-51(34-43)57-56(58-55(49)44-27-26-37-14-4-5-15-40(37)32-44)48-30-31-53(46-19-9-8-18-45(46)48)59-52-21-11-10-20-47(52)50-33-41-16-6-7-17-42(41)35-54(50)59;1-3-13-36-29-40(23-21-34(36)11-1)41-25-27-49-48(32-41)53(42-24-22-35-12-2-4-14-37(35)30-42)56-54(55-49)46-26-28-51(44-18-8-7-17-43(44)46)57-50-20-10-9-19-45(50)47-31-38-15-5-6-16-39(38)33-52(47)57/h1-35H;1-33H. The van der Waals surface area contributed by atoms with Crippen molar-refractivity contribution in [3.05, 3.63) is 413 Å². The molecule has 0 atom stereocenters. The highest BCUT2D eigenvalue weighted by atomic mass is 15.0. The monoisotopic (exact) mass is 1470 g/mol. The minimum absolute atomic E-state index is 0.702. The van der Waals surface area contributed by atoms with Gasteiger partial charge >= 0.3 is 0 Å². The van der Waals surface area contributed by atoms with Gasteiger partial charge in [-0.1, -0.05) is 309 Å². The first kappa shape index (κ1) is 66.3. The normalized spacial score (nSPS) is 11.8. The molecule has 4 aromatic heterocycles. The van der Waals surface area contributed by atoms with Crippen molar-refractivity contribution in [1.82, 2.24) is 29.1 Å². The molecule has 0 saturated carbocycles. The summed E-state index contributed by atoms with van der Waals surface area (Å²) < 4.78 is 4.86. The predicted molar refractivity (Wildman–Crippen MR) is 488 cm³/mol. The highest BCUT2D eigenvalue weighted by Gasteiger charge is 2.23. The minimum atomic E-state index is 0.702. The van der Waals surface area contributed by atoms with Gasteiger partial charge in [-0.3, -0.25) is 0 Å². The molecule has 0 aliphatic heterocycles. The fourth-order valence-corrected chi connectivity index (χ4v) is 18.0. The molecule has 4 heterocycles. The Balaban J connectivity index is 0.000000137. The second-order valence-corrected chi connectivity index (χ2v) is 30.4. The van der Waals surface area contributed by atoms with E-state index < -0.39 is 0 Å². The molecule has 6 nitrogen and oxygen atoms in total. The fraction of sp³-hybridized carbons (Fsp3) is 0. The zero-order chi connectivity index (χ0) is 76.3. The van der Waals surface area contributed by atoms with Gasteiger partial charge in [-0.15, -0.1) is 0 Å². The molecule has 0 amide bonds. The summed E-state index contributed by atoms with van der Waals surface area (Å²) >= 11 is 0. The summed E-state index contributed by atoms with van der Waals surface area (Å²) in [6.07, 6.45) is 0. The molecule has 0 N–H and O–H groups in total. The van der Waals surface area contributed by atoms with Crippen molar-refractivity contribution in [1.29, 1.82) is 0 Å². The fourth-order valence-electron chi connectivity index (χ4n) is 18.0. The van der Waals surface area contributed by atoms with Crippen molar-refractivity contribution in [3.8, 4) is 90.0 Å². The van der Waals surface area contributed by atoms with Gasteiger partial charge in [0.05, 0.1) is 55.9 Å². The second-order valence-electron chi connectivity index (χ2n) is 30.4. The Morgan fingerprint density at radius 1 is 0.155 bits per heavy atom. The molecule has 0 saturated heterocycles. The highest BCUT2D eigenvalue weighted by Crippen LogP contribution is 2.45. The Morgan fingerprint density at radius 3 is 0.991 bits per heavy atom. The van der Waals surface area contributed by atoms with Crippen LogP contribution in [0.5, 0.6) is 0 Å². The van der Waals surface area contributed by atoms with Gasteiger partial charge in [0.1, 0.15) is 0 Å². The van der Waals surface area contributed by atoms with Crippen molar-refractivity contribution in [3.63, 3.8) is 0 Å². The number of rotatable bonds is 9. The van der Waals surface area contributed by atoms with Gasteiger partial charge in [-0.05, 0) is 201 Å². The third-order valence-electron chi connectivity index (χ3n) is 23.7. The third-order valence-corrected chi connectivity index (χ3v) is 23.7. The van der Waals surface area contributed by atoms with Gasteiger partial charge in [0.2, 0.25) is 0 Å². The molecule has 0 fully saturated rings. The number of para-hydroxylation sites is 2. The van der Waals surface area contributed by atoms with Crippen molar-refractivity contribution in [2.45, 2.75) is 0 Å². The summed E-state index contributed by atoms with van der Waals surface area (Å²) in [7, 11) is 0. The first-order chi connectivity index (χ1) is 57.5. The first-order valence-electron chi connectivity index (χ1n) is 39.6. The van der Waals surface area contributed by atoms with Gasteiger partial charge in [0.25, 0.3) is 0 Å². The molecule has 24 aromatic rings. The SMILES string of the molecule is c1ccc(-c2ccc(-c3ccc4c(-c5ccc6ccccc6c5)nc(-c5ccc(-n6c7ccccc7c7cc8ccccc8cc76)c6ccccc56)nc4c3)cc2)cc1.c1ccc2cc(-c3ccc4nc(-c5ccc(-n6c7ccccc7c7cc8ccccc8cc76)c6ccccc56)nc(-c5ccc6ccccc6c5)c4c3)ccc2c1. The molecule has 0 bridgehead atoms. The zero-order valence-corrected chi connectivity index (χ0v) is 62.9. The number of hydrogen-bond acceptors (Lipinski definition) is 4. The molecule has 538 valence electrons. The number of benzene rings is 20. The Kier molecular flexibility index (Phi) is 15.5. The van der Waals surface area contributed by atoms with E-state index in [9.17, 15) is 0 Å². The van der Waals surface area contributed by atoms with Crippen LogP contribution in [-0.2, 0) is 0 Å². The van der Waals surface area contributed by atoms with E-state index in [4.69, 9.17) is 19.9 Å². The predicted octanol–water partition coefficient (Wildman–Crippen LogP) is 29.2. The Labute approximate surface area is 668 Å². The zero-order valence-electron chi connectivity index (χ0n) is 62.9. The molecule has 0 aliphatic carbocycles. The Morgan fingerprint density at radius 2 is 0.491 bits per heavy atom. The van der Waals surface area contributed by atoms with Crippen molar-refractivity contribution < 1.29 is 0 Å². The molecule has 0 aliphatic rings. The van der Waals surface area contributed by atoms with Gasteiger partial charge in [0.15, 0.2) is 11.6 Å². The maximum absolute atomic E-state index is 5.49. The summed E-state index contributed by atoms with van der Waals surface area (Å²) in [4.78, 5) is 21.7.